The number of likely N-dealkylation sites (N-methyl/N-ethyl adjacent to an activating group) is 1. The fourth-order valence-corrected chi connectivity index (χ4v) is 5.47. The molecule has 0 saturated carbocycles. The van der Waals surface area contributed by atoms with Crippen LogP contribution in [0.15, 0.2) is 96.5 Å². The zero-order valence-electron chi connectivity index (χ0n) is 24.7. The van der Waals surface area contributed by atoms with Gasteiger partial charge in [-0.25, -0.2) is 0 Å². The molecule has 4 aromatic carbocycles. The minimum Gasteiger partial charge on any atom is -0.489 e. The van der Waals surface area contributed by atoms with Crippen molar-refractivity contribution in [3.05, 3.63) is 108 Å². The number of nitrogens with one attached hydrogen (secondary N) is 3. The molecule has 2 aliphatic rings. The molecular formula is C33H35B2N3O4. The normalized spacial score (nSPS) is 17.3. The van der Waals surface area contributed by atoms with E-state index in [1.54, 1.807) is 7.05 Å². The average molecular weight is 559 g/mol. The third-order valence-corrected chi connectivity index (χ3v) is 8.46. The van der Waals surface area contributed by atoms with Gasteiger partial charge in [0, 0.05) is 29.3 Å². The highest BCUT2D eigenvalue weighted by molar-refractivity contribution is 6.85. The van der Waals surface area contributed by atoms with Crippen LogP contribution in [0.1, 0.15) is 38.8 Å². The van der Waals surface area contributed by atoms with Gasteiger partial charge in [-0.05, 0) is 73.9 Å². The Morgan fingerprint density at radius 2 is 1.40 bits per heavy atom. The first kappa shape index (κ1) is 27.9. The molecule has 9 heteroatoms. The average Bonchev–Trinajstić information content (AvgIpc) is 3.21. The van der Waals surface area contributed by atoms with E-state index in [-0.39, 0.29) is 5.91 Å². The predicted octanol–water partition coefficient (Wildman–Crippen LogP) is 6.11. The number of carbonyl (C=O) groups excluding carboxylic acids is 1. The highest BCUT2D eigenvalue weighted by Gasteiger charge is 2.54. The van der Waals surface area contributed by atoms with Crippen LogP contribution >= 0.6 is 0 Å². The molecule has 0 radical (unpaired) electrons. The lowest BCUT2D eigenvalue weighted by Gasteiger charge is -2.32. The maximum Gasteiger partial charge on any atom is 0.495 e. The molecule has 7 nitrogen and oxygen atoms in total. The second kappa shape index (κ2) is 10.9. The predicted molar refractivity (Wildman–Crippen MR) is 171 cm³/mol. The molecule has 0 bridgehead atoms. The standard InChI is InChI=1S/C33H35B2N3O4/c1-32(2)33(3,4)42-35(41-32)29(24-17-19-25(20-18-24)40-21-22-11-7-6-8-12-22)30(31(39)36-5)34-37-26-15-9-13-23-14-10-16-27(38-34)28(23)26/h6-20,37-38H,21H2,1-5H3,(H,36,39)/b30-29+. The highest BCUT2D eigenvalue weighted by Crippen LogP contribution is 2.43. The Labute approximate surface area is 247 Å². The quantitative estimate of drug-likeness (QED) is 0.187. The van der Waals surface area contributed by atoms with E-state index in [2.05, 4.69) is 27.9 Å². The maximum absolute atomic E-state index is 13.8. The van der Waals surface area contributed by atoms with E-state index in [1.165, 1.54) is 0 Å². The van der Waals surface area contributed by atoms with Crippen LogP contribution < -0.4 is 20.5 Å². The number of anilines is 2. The molecule has 3 N–H and O–H groups in total. The van der Waals surface area contributed by atoms with Gasteiger partial charge >= 0.3 is 14.1 Å². The Morgan fingerprint density at radius 3 is 1.98 bits per heavy atom. The van der Waals surface area contributed by atoms with Crippen LogP contribution in [0.4, 0.5) is 11.4 Å². The first-order valence-corrected chi connectivity index (χ1v) is 14.3. The van der Waals surface area contributed by atoms with Crippen molar-refractivity contribution < 1.29 is 18.8 Å². The number of hydrogen-bond acceptors (Lipinski definition) is 6. The van der Waals surface area contributed by atoms with Crippen molar-refractivity contribution in [1.82, 2.24) is 5.32 Å². The van der Waals surface area contributed by atoms with Gasteiger partial charge < -0.3 is 29.8 Å². The number of hydrogen-bond donors (Lipinski definition) is 3. The van der Waals surface area contributed by atoms with Crippen molar-refractivity contribution in [2.24, 2.45) is 0 Å². The summed E-state index contributed by atoms with van der Waals surface area (Å²) in [6.07, 6.45) is 0. The molecule has 0 atom stereocenters. The summed E-state index contributed by atoms with van der Waals surface area (Å²) in [5, 5.41) is 12.2. The van der Waals surface area contributed by atoms with Crippen molar-refractivity contribution >= 4 is 47.6 Å². The summed E-state index contributed by atoms with van der Waals surface area (Å²) in [6.45, 7) is 7.97. The van der Waals surface area contributed by atoms with Gasteiger partial charge in [-0.2, -0.15) is 0 Å². The lowest BCUT2D eigenvalue weighted by atomic mass is 9.56. The number of amides is 1. The van der Waals surface area contributed by atoms with E-state index in [0.29, 0.717) is 17.6 Å². The molecule has 6 rings (SSSR count). The van der Waals surface area contributed by atoms with E-state index >= 15 is 0 Å². The van der Waals surface area contributed by atoms with Gasteiger partial charge in [-0.1, -0.05) is 66.7 Å². The third kappa shape index (κ3) is 5.14. The van der Waals surface area contributed by atoms with Crippen LogP contribution in [0.3, 0.4) is 0 Å². The molecule has 1 fully saturated rings. The molecule has 1 saturated heterocycles. The zero-order chi connectivity index (χ0) is 29.5. The summed E-state index contributed by atoms with van der Waals surface area (Å²) in [6, 6.07) is 30.1. The fraction of sp³-hybridized carbons (Fsp3) is 0.242. The fourth-order valence-electron chi connectivity index (χ4n) is 5.47. The van der Waals surface area contributed by atoms with Crippen molar-refractivity contribution in [2.75, 3.05) is 17.5 Å². The summed E-state index contributed by atoms with van der Waals surface area (Å²) in [5.41, 5.74) is 3.74. The van der Waals surface area contributed by atoms with E-state index in [1.807, 2.05) is 107 Å². The first-order valence-electron chi connectivity index (χ1n) is 14.3. The summed E-state index contributed by atoms with van der Waals surface area (Å²) in [5.74, 6) is 0.493. The summed E-state index contributed by atoms with van der Waals surface area (Å²) in [4.78, 5) is 13.8. The third-order valence-electron chi connectivity index (χ3n) is 8.46. The lowest BCUT2D eigenvalue weighted by molar-refractivity contribution is -0.116. The molecule has 2 heterocycles. The van der Waals surface area contributed by atoms with Crippen LogP contribution in [0.2, 0.25) is 0 Å². The van der Waals surface area contributed by atoms with Gasteiger partial charge in [0.25, 0.3) is 0 Å². The van der Waals surface area contributed by atoms with Gasteiger partial charge in [0.15, 0.2) is 0 Å². The van der Waals surface area contributed by atoms with E-state index in [9.17, 15) is 4.79 Å². The van der Waals surface area contributed by atoms with Crippen LogP contribution in [-0.4, -0.2) is 38.3 Å². The van der Waals surface area contributed by atoms with Crippen LogP contribution in [-0.2, 0) is 20.7 Å². The topological polar surface area (TPSA) is 80.9 Å². The summed E-state index contributed by atoms with van der Waals surface area (Å²) in [7, 11) is 0.859. The molecule has 0 unspecified atom stereocenters. The number of rotatable bonds is 7. The zero-order valence-corrected chi connectivity index (χ0v) is 24.7. The molecule has 2 aliphatic heterocycles. The maximum atomic E-state index is 13.8. The molecule has 212 valence electrons. The Kier molecular flexibility index (Phi) is 7.25. The van der Waals surface area contributed by atoms with Crippen molar-refractivity contribution in [2.45, 2.75) is 45.5 Å². The Bertz CT molecular complexity index is 1600. The summed E-state index contributed by atoms with van der Waals surface area (Å²) >= 11 is 0. The minimum absolute atomic E-state index is 0.235. The van der Waals surface area contributed by atoms with Crippen molar-refractivity contribution in [1.29, 1.82) is 0 Å². The van der Waals surface area contributed by atoms with Gasteiger partial charge in [0.2, 0.25) is 5.91 Å². The molecule has 0 spiro atoms. The van der Waals surface area contributed by atoms with Crippen LogP contribution in [0.25, 0.3) is 16.2 Å². The second-order valence-corrected chi connectivity index (χ2v) is 11.7. The SMILES string of the molecule is CNC(=O)/C(B1Nc2cccc3cccc(c23)N1)=C(\B1OC(C)(C)C(C)(C)O1)c1ccc(OCc2ccccc2)cc1. The van der Waals surface area contributed by atoms with Gasteiger partial charge in [0.1, 0.15) is 12.4 Å². The van der Waals surface area contributed by atoms with Gasteiger partial charge in [-0.15, -0.1) is 0 Å². The molecule has 4 aromatic rings. The molecule has 0 aromatic heterocycles. The van der Waals surface area contributed by atoms with Crippen LogP contribution in [0, 0.1) is 0 Å². The second-order valence-electron chi connectivity index (χ2n) is 11.7. The van der Waals surface area contributed by atoms with Gasteiger partial charge in [-0.3, -0.25) is 4.79 Å². The monoisotopic (exact) mass is 559 g/mol. The van der Waals surface area contributed by atoms with Gasteiger partial charge in [0.05, 0.1) is 11.2 Å². The molecule has 1 amide bonds. The Morgan fingerprint density at radius 1 is 0.810 bits per heavy atom. The Balaban J connectivity index is 1.43. The lowest BCUT2D eigenvalue weighted by Crippen LogP contribution is -2.46. The van der Waals surface area contributed by atoms with E-state index in [4.69, 9.17) is 14.0 Å². The number of carbonyl (C=O) groups is 1. The van der Waals surface area contributed by atoms with E-state index < -0.39 is 25.3 Å². The van der Waals surface area contributed by atoms with Crippen molar-refractivity contribution in [3.8, 4) is 5.75 Å². The first-order chi connectivity index (χ1) is 20.2. The highest BCUT2D eigenvalue weighted by atomic mass is 16.7. The van der Waals surface area contributed by atoms with E-state index in [0.717, 1.165) is 39.0 Å². The largest absolute Gasteiger partial charge is 0.495 e. The van der Waals surface area contributed by atoms with Crippen LogP contribution in [0.5, 0.6) is 5.75 Å². The minimum atomic E-state index is -0.782. The Hall–Kier alpha value is -4.20. The number of benzene rings is 4. The molecular weight excluding hydrogens is 524 g/mol. The summed E-state index contributed by atoms with van der Waals surface area (Å²) < 4.78 is 19.2. The smallest absolute Gasteiger partial charge is 0.489 e. The molecule has 42 heavy (non-hydrogen) atoms. The number of ether oxygens (including phenoxy) is 1. The molecule has 0 aliphatic carbocycles. The van der Waals surface area contributed by atoms with Crippen molar-refractivity contribution in [3.63, 3.8) is 0 Å².